The number of carbonyl (C=O) groups excluding carboxylic acids is 1. The minimum absolute atomic E-state index is 0.0163. The predicted molar refractivity (Wildman–Crippen MR) is 80.7 cm³/mol. The first-order valence-electron chi connectivity index (χ1n) is 7.20. The van der Waals surface area contributed by atoms with Gasteiger partial charge in [-0.05, 0) is 44.7 Å². The molecule has 1 unspecified atom stereocenters. The predicted octanol–water partition coefficient (Wildman–Crippen LogP) is 2.46. The molecule has 2 rings (SSSR count). The van der Waals surface area contributed by atoms with Gasteiger partial charge in [-0.3, -0.25) is 4.79 Å². The fourth-order valence-corrected chi connectivity index (χ4v) is 2.52. The van der Waals surface area contributed by atoms with Gasteiger partial charge in [-0.2, -0.15) is 0 Å². The highest BCUT2D eigenvalue weighted by atomic mass is 16.5. The van der Waals surface area contributed by atoms with E-state index in [1.807, 2.05) is 24.0 Å². The monoisotopic (exact) mass is 276 g/mol. The summed E-state index contributed by atoms with van der Waals surface area (Å²) in [5.74, 6) is 0.643. The normalized spacial score (nSPS) is 15.9. The Morgan fingerprint density at radius 3 is 2.80 bits per heavy atom. The summed E-state index contributed by atoms with van der Waals surface area (Å²) >= 11 is 0. The van der Waals surface area contributed by atoms with Crippen LogP contribution in [0.1, 0.15) is 35.7 Å². The number of amides is 1. The number of benzene rings is 1. The lowest BCUT2D eigenvalue weighted by Gasteiger charge is -2.30. The van der Waals surface area contributed by atoms with Crippen molar-refractivity contribution in [2.24, 2.45) is 5.92 Å². The molecule has 1 aliphatic carbocycles. The first-order valence-corrected chi connectivity index (χ1v) is 7.20. The van der Waals surface area contributed by atoms with Crippen LogP contribution >= 0.6 is 0 Å². The Kier molecular flexibility index (Phi) is 4.65. The van der Waals surface area contributed by atoms with Crippen molar-refractivity contribution >= 4 is 11.6 Å². The van der Waals surface area contributed by atoms with Crippen molar-refractivity contribution in [3.05, 3.63) is 29.3 Å². The maximum absolute atomic E-state index is 12.8. The first kappa shape index (κ1) is 14.9. The fourth-order valence-electron chi connectivity index (χ4n) is 2.52. The zero-order chi connectivity index (χ0) is 14.7. The molecule has 0 bridgehead atoms. The second kappa shape index (κ2) is 6.27. The quantitative estimate of drug-likeness (QED) is 0.812. The molecule has 4 heteroatoms. The van der Waals surface area contributed by atoms with Gasteiger partial charge in [-0.25, -0.2) is 0 Å². The second-order valence-electron chi connectivity index (χ2n) is 5.66. The average Bonchev–Trinajstić information content (AvgIpc) is 3.26. The van der Waals surface area contributed by atoms with E-state index in [1.165, 1.54) is 12.8 Å². The molecule has 1 amide bonds. The molecule has 0 aromatic heterocycles. The van der Waals surface area contributed by atoms with Gasteiger partial charge >= 0.3 is 0 Å². The minimum Gasteiger partial charge on any atom is -0.398 e. The summed E-state index contributed by atoms with van der Waals surface area (Å²) in [4.78, 5) is 14.7. The number of carbonyl (C=O) groups is 1. The van der Waals surface area contributed by atoms with Crippen LogP contribution in [0.5, 0.6) is 0 Å². The lowest BCUT2D eigenvalue weighted by Crippen LogP contribution is -2.42. The van der Waals surface area contributed by atoms with Crippen LogP contribution in [0.2, 0.25) is 0 Å². The highest BCUT2D eigenvalue weighted by molar-refractivity contribution is 5.99. The zero-order valence-electron chi connectivity index (χ0n) is 12.6. The Bertz CT molecular complexity index is 483. The summed E-state index contributed by atoms with van der Waals surface area (Å²) in [7, 11) is 1.66. The van der Waals surface area contributed by atoms with E-state index in [1.54, 1.807) is 13.2 Å². The number of rotatable bonds is 6. The minimum atomic E-state index is 0.0163. The molecule has 1 aromatic rings. The van der Waals surface area contributed by atoms with Gasteiger partial charge in [0.1, 0.15) is 0 Å². The Balaban J connectivity index is 2.22. The first-order chi connectivity index (χ1) is 9.54. The lowest BCUT2D eigenvalue weighted by molar-refractivity contribution is 0.0595. The maximum atomic E-state index is 12.8. The van der Waals surface area contributed by atoms with Crippen LogP contribution in [0, 0.1) is 12.8 Å². The molecule has 4 nitrogen and oxygen atoms in total. The van der Waals surface area contributed by atoms with Crippen molar-refractivity contribution in [2.75, 3.05) is 26.0 Å². The number of nitrogens with zero attached hydrogens (tertiary/aromatic N) is 1. The Hall–Kier alpha value is -1.55. The molecule has 1 aromatic carbocycles. The summed E-state index contributed by atoms with van der Waals surface area (Å²) in [5.41, 5.74) is 8.17. The number of hydrogen-bond acceptors (Lipinski definition) is 3. The largest absolute Gasteiger partial charge is 0.398 e. The van der Waals surface area contributed by atoms with Crippen LogP contribution < -0.4 is 5.73 Å². The molecule has 20 heavy (non-hydrogen) atoms. The van der Waals surface area contributed by atoms with E-state index in [0.717, 1.165) is 5.56 Å². The third kappa shape index (κ3) is 3.31. The van der Waals surface area contributed by atoms with E-state index in [9.17, 15) is 4.79 Å². The Morgan fingerprint density at radius 2 is 2.20 bits per heavy atom. The average molecular weight is 276 g/mol. The van der Waals surface area contributed by atoms with Gasteiger partial charge in [-0.1, -0.05) is 11.6 Å². The zero-order valence-corrected chi connectivity index (χ0v) is 12.6. The van der Waals surface area contributed by atoms with E-state index in [0.29, 0.717) is 30.3 Å². The summed E-state index contributed by atoms with van der Waals surface area (Å²) in [6.45, 7) is 5.26. The molecule has 0 radical (unpaired) electrons. The SMILES string of the molecule is COCCN(C(=O)c1cc(C)ccc1N)C(C)C1CC1. The number of nitrogen functional groups attached to an aromatic ring is 1. The molecule has 110 valence electrons. The van der Waals surface area contributed by atoms with Gasteiger partial charge in [0.25, 0.3) is 5.91 Å². The number of nitrogens with two attached hydrogens (primary N) is 1. The van der Waals surface area contributed by atoms with Crippen LogP contribution in [-0.2, 0) is 4.74 Å². The highest BCUT2D eigenvalue weighted by Crippen LogP contribution is 2.35. The van der Waals surface area contributed by atoms with Gasteiger partial charge in [0.05, 0.1) is 12.2 Å². The van der Waals surface area contributed by atoms with Gasteiger partial charge in [0.15, 0.2) is 0 Å². The van der Waals surface area contributed by atoms with E-state index < -0.39 is 0 Å². The lowest BCUT2D eigenvalue weighted by atomic mass is 10.1. The molecule has 0 saturated heterocycles. The molecular formula is C16H24N2O2. The molecule has 0 spiro atoms. The number of methoxy groups -OCH3 is 1. The van der Waals surface area contributed by atoms with Crippen LogP contribution in [0.25, 0.3) is 0 Å². The van der Waals surface area contributed by atoms with E-state index in [4.69, 9.17) is 10.5 Å². The standard InChI is InChI=1S/C16H24N2O2/c1-11-4-7-15(17)14(10-11)16(19)18(8-9-20-3)12(2)13-5-6-13/h4,7,10,12-13H,5-6,8-9,17H2,1-3H3. The van der Waals surface area contributed by atoms with Gasteiger partial charge in [-0.15, -0.1) is 0 Å². The van der Waals surface area contributed by atoms with Crippen molar-refractivity contribution in [3.8, 4) is 0 Å². The Morgan fingerprint density at radius 1 is 1.50 bits per heavy atom. The molecule has 1 saturated carbocycles. The number of anilines is 1. The van der Waals surface area contributed by atoms with Crippen molar-refractivity contribution in [2.45, 2.75) is 32.7 Å². The molecule has 2 N–H and O–H groups in total. The van der Waals surface area contributed by atoms with Crippen LogP contribution in [0.15, 0.2) is 18.2 Å². The molecule has 1 atom stereocenters. The van der Waals surface area contributed by atoms with Gasteiger partial charge in [0, 0.05) is 25.4 Å². The molecule has 1 aliphatic rings. The van der Waals surface area contributed by atoms with E-state index in [2.05, 4.69) is 6.92 Å². The topological polar surface area (TPSA) is 55.6 Å². The van der Waals surface area contributed by atoms with E-state index in [-0.39, 0.29) is 11.9 Å². The summed E-state index contributed by atoms with van der Waals surface area (Å²) in [6.07, 6.45) is 2.42. The molecule has 1 fully saturated rings. The number of hydrogen-bond donors (Lipinski definition) is 1. The highest BCUT2D eigenvalue weighted by Gasteiger charge is 2.34. The maximum Gasteiger partial charge on any atom is 0.256 e. The summed E-state index contributed by atoms with van der Waals surface area (Å²) in [6, 6.07) is 5.85. The van der Waals surface area contributed by atoms with Crippen LogP contribution in [-0.4, -0.2) is 37.1 Å². The second-order valence-corrected chi connectivity index (χ2v) is 5.66. The van der Waals surface area contributed by atoms with Crippen LogP contribution in [0.4, 0.5) is 5.69 Å². The van der Waals surface area contributed by atoms with Crippen LogP contribution in [0.3, 0.4) is 0 Å². The Labute approximate surface area is 120 Å². The third-order valence-corrected chi connectivity index (χ3v) is 4.03. The van der Waals surface area contributed by atoms with Crippen molar-refractivity contribution < 1.29 is 9.53 Å². The smallest absolute Gasteiger partial charge is 0.256 e. The fraction of sp³-hybridized carbons (Fsp3) is 0.562. The van der Waals surface area contributed by atoms with Crippen molar-refractivity contribution in [3.63, 3.8) is 0 Å². The molecule has 0 aliphatic heterocycles. The summed E-state index contributed by atoms with van der Waals surface area (Å²) < 4.78 is 5.14. The van der Waals surface area contributed by atoms with Gasteiger partial charge in [0.2, 0.25) is 0 Å². The molecular weight excluding hydrogens is 252 g/mol. The number of ether oxygens (including phenoxy) is 1. The van der Waals surface area contributed by atoms with E-state index >= 15 is 0 Å². The van der Waals surface area contributed by atoms with Gasteiger partial charge < -0.3 is 15.4 Å². The number of aryl methyl sites for hydroxylation is 1. The molecule has 0 heterocycles. The third-order valence-electron chi connectivity index (χ3n) is 4.03. The van der Waals surface area contributed by atoms with Crippen molar-refractivity contribution in [1.29, 1.82) is 0 Å². The van der Waals surface area contributed by atoms with Crippen molar-refractivity contribution in [1.82, 2.24) is 4.90 Å². The summed E-state index contributed by atoms with van der Waals surface area (Å²) in [5, 5.41) is 0.